The Morgan fingerprint density at radius 1 is 1.33 bits per heavy atom. The van der Waals surface area contributed by atoms with Gasteiger partial charge in [-0.05, 0) is 37.3 Å². The average molecular weight is 201 g/mol. The van der Waals surface area contributed by atoms with Crippen LogP contribution in [-0.2, 0) is 6.42 Å². The van der Waals surface area contributed by atoms with Gasteiger partial charge < -0.3 is 4.90 Å². The molecule has 2 aliphatic rings. The first-order valence-electron chi connectivity index (χ1n) is 5.73. The quantitative estimate of drug-likeness (QED) is 0.685. The van der Waals surface area contributed by atoms with E-state index in [0.29, 0.717) is 0 Å². The Balaban J connectivity index is 1.96. The molecule has 78 valence electrons. The molecular formula is C13H15NO. The monoisotopic (exact) mass is 201 g/mol. The predicted molar refractivity (Wildman–Crippen MR) is 60.5 cm³/mol. The minimum atomic E-state index is 0.744. The predicted octanol–water partition coefficient (Wildman–Crippen LogP) is 2.41. The van der Waals surface area contributed by atoms with Crippen molar-refractivity contribution in [2.45, 2.75) is 31.7 Å². The average Bonchev–Trinajstić information content (AvgIpc) is 2.59. The molecule has 1 heterocycles. The highest BCUT2D eigenvalue weighted by Gasteiger charge is 2.29. The summed E-state index contributed by atoms with van der Waals surface area (Å²) < 4.78 is 0. The zero-order valence-corrected chi connectivity index (χ0v) is 8.78. The summed E-state index contributed by atoms with van der Waals surface area (Å²) in [6, 6.07) is 6.83. The largest absolute Gasteiger partial charge is 0.368 e. The lowest BCUT2D eigenvalue weighted by atomic mass is 9.91. The molecule has 0 amide bonds. The first-order valence-corrected chi connectivity index (χ1v) is 5.73. The molecule has 0 saturated heterocycles. The lowest BCUT2D eigenvalue weighted by Crippen LogP contribution is -2.38. The van der Waals surface area contributed by atoms with Crippen LogP contribution in [0, 0.1) is 0 Å². The Hall–Kier alpha value is -1.31. The molecule has 0 N–H and O–H groups in total. The minimum Gasteiger partial charge on any atom is -0.368 e. The van der Waals surface area contributed by atoms with Crippen LogP contribution in [0.5, 0.6) is 0 Å². The van der Waals surface area contributed by atoms with E-state index >= 15 is 0 Å². The van der Waals surface area contributed by atoms with Crippen molar-refractivity contribution in [1.29, 1.82) is 0 Å². The van der Waals surface area contributed by atoms with Gasteiger partial charge in [-0.3, -0.25) is 4.79 Å². The van der Waals surface area contributed by atoms with E-state index in [9.17, 15) is 4.79 Å². The van der Waals surface area contributed by atoms with Crippen molar-refractivity contribution in [3.05, 3.63) is 29.3 Å². The Morgan fingerprint density at radius 2 is 2.20 bits per heavy atom. The van der Waals surface area contributed by atoms with Crippen LogP contribution in [0.3, 0.4) is 0 Å². The van der Waals surface area contributed by atoms with E-state index in [1.807, 2.05) is 12.1 Å². The van der Waals surface area contributed by atoms with Crippen LogP contribution < -0.4 is 4.90 Å². The van der Waals surface area contributed by atoms with Gasteiger partial charge in [0, 0.05) is 23.8 Å². The van der Waals surface area contributed by atoms with Crippen molar-refractivity contribution >= 4 is 12.0 Å². The van der Waals surface area contributed by atoms with Gasteiger partial charge in [0.2, 0.25) is 0 Å². The highest BCUT2D eigenvalue weighted by Crippen LogP contribution is 2.36. The molecule has 3 rings (SSSR count). The molecule has 1 saturated carbocycles. The maximum Gasteiger partial charge on any atom is 0.150 e. The summed E-state index contributed by atoms with van der Waals surface area (Å²) in [6.07, 6.45) is 6.10. The van der Waals surface area contributed by atoms with Crippen molar-refractivity contribution in [1.82, 2.24) is 0 Å². The van der Waals surface area contributed by atoms with Crippen molar-refractivity contribution in [2.24, 2.45) is 0 Å². The highest BCUT2D eigenvalue weighted by molar-refractivity contribution is 5.78. The molecule has 15 heavy (non-hydrogen) atoms. The van der Waals surface area contributed by atoms with Gasteiger partial charge in [0.1, 0.15) is 6.29 Å². The SMILES string of the molecule is O=Cc1ccc2c(c1)N(C1CCC1)CC2. The molecule has 1 aromatic carbocycles. The van der Waals surface area contributed by atoms with E-state index in [4.69, 9.17) is 0 Å². The van der Waals surface area contributed by atoms with Gasteiger partial charge in [0.15, 0.2) is 0 Å². The van der Waals surface area contributed by atoms with Crippen molar-refractivity contribution < 1.29 is 4.79 Å². The number of hydrogen-bond donors (Lipinski definition) is 0. The number of benzene rings is 1. The van der Waals surface area contributed by atoms with Crippen molar-refractivity contribution in [2.75, 3.05) is 11.4 Å². The third-order valence-corrected chi connectivity index (χ3v) is 3.69. The topological polar surface area (TPSA) is 20.3 Å². The molecule has 1 aliphatic carbocycles. The number of nitrogens with zero attached hydrogens (tertiary/aromatic N) is 1. The number of rotatable bonds is 2. The summed E-state index contributed by atoms with van der Waals surface area (Å²) in [5.74, 6) is 0. The summed E-state index contributed by atoms with van der Waals surface area (Å²) in [5, 5.41) is 0. The molecule has 2 nitrogen and oxygen atoms in total. The fraction of sp³-hybridized carbons (Fsp3) is 0.462. The third-order valence-electron chi connectivity index (χ3n) is 3.69. The number of carbonyl (C=O) groups is 1. The molecule has 1 fully saturated rings. The van der Waals surface area contributed by atoms with Crippen LogP contribution in [0.25, 0.3) is 0 Å². The summed E-state index contributed by atoms with van der Waals surface area (Å²) in [5.41, 5.74) is 3.52. The van der Waals surface area contributed by atoms with Gasteiger partial charge in [0.25, 0.3) is 0 Å². The van der Waals surface area contributed by atoms with Crippen LogP contribution in [-0.4, -0.2) is 18.9 Å². The van der Waals surface area contributed by atoms with Gasteiger partial charge in [-0.2, -0.15) is 0 Å². The van der Waals surface area contributed by atoms with Gasteiger partial charge in [0.05, 0.1) is 0 Å². The number of aldehydes is 1. The summed E-state index contributed by atoms with van der Waals surface area (Å²) in [4.78, 5) is 13.2. The lowest BCUT2D eigenvalue weighted by molar-refractivity contribution is 0.112. The molecule has 2 heteroatoms. The van der Waals surface area contributed by atoms with E-state index in [1.165, 1.54) is 30.5 Å². The van der Waals surface area contributed by atoms with Crippen LogP contribution in [0.1, 0.15) is 35.2 Å². The highest BCUT2D eigenvalue weighted by atomic mass is 16.1. The molecule has 0 radical (unpaired) electrons. The fourth-order valence-corrected chi connectivity index (χ4v) is 2.57. The van der Waals surface area contributed by atoms with E-state index < -0.39 is 0 Å². The number of anilines is 1. The standard InChI is InChI=1S/C13H15NO/c15-9-10-4-5-11-6-7-14(13(11)8-10)12-2-1-3-12/h4-5,8-9,12H,1-3,6-7H2. The number of hydrogen-bond acceptors (Lipinski definition) is 2. The molecule has 0 aromatic heterocycles. The van der Waals surface area contributed by atoms with E-state index in [-0.39, 0.29) is 0 Å². The number of fused-ring (bicyclic) bond motifs is 1. The molecule has 0 atom stereocenters. The maximum atomic E-state index is 10.7. The molecule has 1 aliphatic heterocycles. The Labute approximate surface area is 89.9 Å². The van der Waals surface area contributed by atoms with Gasteiger partial charge in [-0.25, -0.2) is 0 Å². The Bertz CT molecular complexity index is 396. The molecular weight excluding hydrogens is 186 g/mol. The molecule has 0 spiro atoms. The molecule has 1 aromatic rings. The smallest absolute Gasteiger partial charge is 0.150 e. The summed E-state index contributed by atoms with van der Waals surface area (Å²) in [7, 11) is 0. The van der Waals surface area contributed by atoms with Gasteiger partial charge in [-0.15, -0.1) is 0 Å². The maximum absolute atomic E-state index is 10.7. The number of carbonyl (C=O) groups excluding carboxylic acids is 1. The first kappa shape index (κ1) is 8.96. The second-order valence-electron chi connectivity index (χ2n) is 4.53. The first-order chi connectivity index (χ1) is 7.38. The van der Waals surface area contributed by atoms with Crippen LogP contribution in [0.2, 0.25) is 0 Å². The minimum absolute atomic E-state index is 0.744. The second-order valence-corrected chi connectivity index (χ2v) is 4.53. The van der Waals surface area contributed by atoms with Crippen LogP contribution in [0.4, 0.5) is 5.69 Å². The van der Waals surface area contributed by atoms with Crippen molar-refractivity contribution in [3.63, 3.8) is 0 Å². The zero-order valence-electron chi connectivity index (χ0n) is 8.78. The van der Waals surface area contributed by atoms with Crippen LogP contribution >= 0.6 is 0 Å². The lowest BCUT2D eigenvalue weighted by Gasteiger charge is -2.36. The molecule has 0 bridgehead atoms. The summed E-state index contributed by atoms with van der Waals surface area (Å²) in [6.45, 7) is 1.14. The van der Waals surface area contributed by atoms with E-state index in [2.05, 4.69) is 11.0 Å². The fourth-order valence-electron chi connectivity index (χ4n) is 2.57. The van der Waals surface area contributed by atoms with E-state index in [1.54, 1.807) is 0 Å². The Kier molecular flexibility index (Phi) is 2.01. The van der Waals surface area contributed by atoms with E-state index in [0.717, 1.165) is 30.9 Å². The third kappa shape index (κ3) is 1.36. The van der Waals surface area contributed by atoms with Crippen LogP contribution in [0.15, 0.2) is 18.2 Å². The normalized spacial score (nSPS) is 19.9. The van der Waals surface area contributed by atoms with Crippen molar-refractivity contribution in [3.8, 4) is 0 Å². The van der Waals surface area contributed by atoms with Gasteiger partial charge >= 0.3 is 0 Å². The summed E-state index contributed by atoms with van der Waals surface area (Å²) >= 11 is 0. The second kappa shape index (κ2) is 3.37. The molecule has 0 unspecified atom stereocenters. The Morgan fingerprint density at radius 3 is 2.87 bits per heavy atom. The zero-order chi connectivity index (χ0) is 10.3. The van der Waals surface area contributed by atoms with Gasteiger partial charge in [-0.1, -0.05) is 12.1 Å².